The normalized spacial score (nSPS) is 18.9. The van der Waals surface area contributed by atoms with Crippen LogP contribution < -0.4 is 5.73 Å². The van der Waals surface area contributed by atoms with Gasteiger partial charge in [0.05, 0.1) is 0 Å². The maximum Gasteiger partial charge on any atom is 0.122 e. The molecular weight excluding hydrogens is 334 g/mol. The molecule has 0 aliphatic heterocycles. The standard InChI is InChI=1S/C12H15Br2NO/c13-8-5-9(14)11(10(16)6-8)12(15)7-3-1-2-4-7/h5-7,12,16H,1-4,15H2/t12-/m0/s1. The number of hydrogen-bond acceptors (Lipinski definition) is 2. The first kappa shape index (κ1) is 12.4. The number of halogens is 2. The number of nitrogens with two attached hydrogens (primary N) is 1. The molecule has 4 heteroatoms. The van der Waals surface area contributed by atoms with Gasteiger partial charge >= 0.3 is 0 Å². The van der Waals surface area contributed by atoms with Crippen LogP contribution in [-0.2, 0) is 0 Å². The van der Waals surface area contributed by atoms with Gasteiger partial charge in [-0.25, -0.2) is 0 Å². The highest BCUT2D eigenvalue weighted by atomic mass is 79.9. The van der Waals surface area contributed by atoms with Crippen molar-refractivity contribution in [3.63, 3.8) is 0 Å². The summed E-state index contributed by atoms with van der Waals surface area (Å²) >= 11 is 6.82. The molecule has 1 atom stereocenters. The second-order valence-corrected chi connectivity index (χ2v) is 6.16. The topological polar surface area (TPSA) is 46.2 Å². The van der Waals surface area contributed by atoms with Crippen molar-refractivity contribution in [2.45, 2.75) is 31.7 Å². The Kier molecular flexibility index (Phi) is 3.93. The molecule has 1 aliphatic carbocycles. The average molecular weight is 349 g/mol. The minimum absolute atomic E-state index is 0.0648. The lowest BCUT2D eigenvalue weighted by molar-refractivity contribution is 0.411. The van der Waals surface area contributed by atoms with E-state index in [4.69, 9.17) is 5.73 Å². The molecule has 0 heterocycles. The summed E-state index contributed by atoms with van der Waals surface area (Å²) in [6, 6.07) is 3.57. The van der Waals surface area contributed by atoms with Crippen molar-refractivity contribution in [2.24, 2.45) is 11.7 Å². The Morgan fingerprint density at radius 2 is 1.88 bits per heavy atom. The summed E-state index contributed by atoms with van der Waals surface area (Å²) in [6.45, 7) is 0. The zero-order valence-corrected chi connectivity index (χ0v) is 12.1. The first-order valence-corrected chi connectivity index (χ1v) is 7.11. The molecule has 0 radical (unpaired) electrons. The van der Waals surface area contributed by atoms with Crippen LogP contribution in [0, 0.1) is 5.92 Å². The van der Waals surface area contributed by atoms with E-state index >= 15 is 0 Å². The summed E-state index contributed by atoms with van der Waals surface area (Å²) in [5.41, 5.74) is 7.09. The van der Waals surface area contributed by atoms with Crippen LogP contribution in [0.4, 0.5) is 0 Å². The molecule has 0 amide bonds. The van der Waals surface area contributed by atoms with Crippen molar-refractivity contribution < 1.29 is 5.11 Å². The Morgan fingerprint density at radius 3 is 2.44 bits per heavy atom. The molecule has 3 N–H and O–H groups in total. The van der Waals surface area contributed by atoms with E-state index in [0.717, 1.165) is 14.5 Å². The van der Waals surface area contributed by atoms with E-state index in [1.54, 1.807) is 6.07 Å². The highest BCUT2D eigenvalue weighted by Crippen LogP contribution is 2.41. The Labute approximate surface area is 112 Å². The molecule has 16 heavy (non-hydrogen) atoms. The van der Waals surface area contributed by atoms with Crippen LogP contribution in [0.3, 0.4) is 0 Å². The molecule has 2 rings (SSSR count). The molecule has 88 valence electrons. The largest absolute Gasteiger partial charge is 0.508 e. The van der Waals surface area contributed by atoms with E-state index in [0.29, 0.717) is 5.92 Å². The third-order valence-corrected chi connectivity index (χ3v) is 4.43. The summed E-state index contributed by atoms with van der Waals surface area (Å²) in [6.07, 6.45) is 4.85. The minimum Gasteiger partial charge on any atom is -0.508 e. The van der Waals surface area contributed by atoms with Crippen LogP contribution in [0.25, 0.3) is 0 Å². The van der Waals surface area contributed by atoms with E-state index in [-0.39, 0.29) is 11.8 Å². The molecule has 0 unspecified atom stereocenters. The van der Waals surface area contributed by atoms with Gasteiger partial charge in [-0.05, 0) is 30.9 Å². The molecule has 1 aliphatic rings. The van der Waals surface area contributed by atoms with Gasteiger partial charge in [0, 0.05) is 20.6 Å². The van der Waals surface area contributed by atoms with Crippen molar-refractivity contribution >= 4 is 31.9 Å². The van der Waals surface area contributed by atoms with Crippen LogP contribution in [0.5, 0.6) is 5.75 Å². The van der Waals surface area contributed by atoms with E-state index in [1.807, 2.05) is 6.07 Å². The van der Waals surface area contributed by atoms with Crippen LogP contribution in [0.1, 0.15) is 37.3 Å². The SMILES string of the molecule is N[C@H](c1c(O)cc(Br)cc1Br)C1CCCC1. The lowest BCUT2D eigenvalue weighted by Crippen LogP contribution is -2.19. The first-order chi connectivity index (χ1) is 7.59. The van der Waals surface area contributed by atoms with Crippen LogP contribution in [0.15, 0.2) is 21.1 Å². The lowest BCUT2D eigenvalue weighted by Gasteiger charge is -2.21. The summed E-state index contributed by atoms with van der Waals surface area (Å²) in [5, 5.41) is 9.96. The average Bonchev–Trinajstić information content (AvgIpc) is 2.67. The van der Waals surface area contributed by atoms with E-state index in [1.165, 1.54) is 25.7 Å². The van der Waals surface area contributed by atoms with Crippen molar-refractivity contribution in [2.75, 3.05) is 0 Å². The quantitative estimate of drug-likeness (QED) is 0.844. The van der Waals surface area contributed by atoms with Gasteiger partial charge in [0.1, 0.15) is 5.75 Å². The van der Waals surface area contributed by atoms with Gasteiger partial charge in [-0.15, -0.1) is 0 Å². The van der Waals surface area contributed by atoms with Gasteiger partial charge < -0.3 is 10.8 Å². The van der Waals surface area contributed by atoms with Crippen LogP contribution in [-0.4, -0.2) is 5.11 Å². The molecule has 1 saturated carbocycles. The second kappa shape index (κ2) is 5.07. The Hall–Kier alpha value is -0.0600. The monoisotopic (exact) mass is 347 g/mol. The van der Waals surface area contributed by atoms with Crippen LogP contribution in [0.2, 0.25) is 0 Å². The summed E-state index contributed by atoms with van der Waals surface area (Å²) in [4.78, 5) is 0. The van der Waals surface area contributed by atoms with Gasteiger partial charge in [-0.3, -0.25) is 0 Å². The molecule has 1 fully saturated rings. The van der Waals surface area contributed by atoms with E-state index in [2.05, 4.69) is 31.9 Å². The molecule has 1 aromatic carbocycles. The second-order valence-electron chi connectivity index (χ2n) is 4.39. The third kappa shape index (κ3) is 2.44. The molecular formula is C12H15Br2NO. The van der Waals surface area contributed by atoms with Gasteiger partial charge in [0.2, 0.25) is 0 Å². The van der Waals surface area contributed by atoms with Gasteiger partial charge in [0.25, 0.3) is 0 Å². The van der Waals surface area contributed by atoms with Crippen molar-refractivity contribution in [3.8, 4) is 5.75 Å². The number of phenolic OH excluding ortho intramolecular Hbond substituents is 1. The molecule has 0 spiro atoms. The number of benzene rings is 1. The molecule has 0 bridgehead atoms. The molecule has 0 saturated heterocycles. The van der Waals surface area contributed by atoms with E-state index < -0.39 is 0 Å². The third-order valence-electron chi connectivity index (χ3n) is 3.31. The number of phenols is 1. The highest BCUT2D eigenvalue weighted by Gasteiger charge is 2.26. The smallest absolute Gasteiger partial charge is 0.122 e. The predicted molar refractivity (Wildman–Crippen MR) is 72.4 cm³/mol. The summed E-state index contributed by atoms with van der Waals surface area (Å²) in [7, 11) is 0. The fraction of sp³-hybridized carbons (Fsp3) is 0.500. The number of hydrogen-bond donors (Lipinski definition) is 2. The minimum atomic E-state index is -0.0648. The molecule has 0 aromatic heterocycles. The Morgan fingerprint density at radius 1 is 1.25 bits per heavy atom. The van der Waals surface area contributed by atoms with Crippen molar-refractivity contribution in [1.29, 1.82) is 0 Å². The highest BCUT2D eigenvalue weighted by molar-refractivity contribution is 9.11. The zero-order valence-electron chi connectivity index (χ0n) is 8.92. The van der Waals surface area contributed by atoms with Crippen LogP contribution >= 0.6 is 31.9 Å². The Balaban J connectivity index is 2.31. The molecule has 2 nitrogen and oxygen atoms in total. The van der Waals surface area contributed by atoms with E-state index in [9.17, 15) is 5.11 Å². The van der Waals surface area contributed by atoms with Crippen molar-refractivity contribution in [1.82, 2.24) is 0 Å². The predicted octanol–water partition coefficient (Wildman–Crippen LogP) is 4.11. The summed E-state index contributed by atoms with van der Waals surface area (Å²) in [5.74, 6) is 0.782. The Bertz CT molecular complexity index is 366. The molecule has 1 aromatic rings. The van der Waals surface area contributed by atoms with Gasteiger partial charge in [-0.2, -0.15) is 0 Å². The fourth-order valence-electron chi connectivity index (χ4n) is 2.45. The van der Waals surface area contributed by atoms with Gasteiger partial charge in [-0.1, -0.05) is 44.7 Å². The van der Waals surface area contributed by atoms with Crippen molar-refractivity contribution in [3.05, 3.63) is 26.6 Å². The maximum absolute atomic E-state index is 9.96. The zero-order chi connectivity index (χ0) is 11.7. The number of rotatable bonds is 2. The maximum atomic E-state index is 9.96. The number of aromatic hydroxyl groups is 1. The summed E-state index contributed by atoms with van der Waals surface area (Å²) < 4.78 is 1.75. The first-order valence-electron chi connectivity index (χ1n) is 5.53. The lowest BCUT2D eigenvalue weighted by atomic mass is 9.92. The van der Waals surface area contributed by atoms with Gasteiger partial charge in [0.15, 0.2) is 0 Å². The fourth-order valence-corrected chi connectivity index (χ4v) is 3.92.